The van der Waals surface area contributed by atoms with E-state index in [1.54, 1.807) is 11.8 Å². The molecule has 1 aromatic rings. The first-order valence-electron chi connectivity index (χ1n) is 6.19. The van der Waals surface area contributed by atoms with Gasteiger partial charge in [-0.1, -0.05) is 0 Å². The lowest BCUT2D eigenvalue weighted by Crippen LogP contribution is -2.48. The molecule has 1 heterocycles. The van der Waals surface area contributed by atoms with Crippen molar-refractivity contribution in [2.45, 2.75) is 12.5 Å². The molecular weight excluding hydrogens is 283 g/mol. The van der Waals surface area contributed by atoms with E-state index in [2.05, 4.69) is 5.32 Å². The molecule has 0 saturated carbocycles. The molecule has 1 saturated heterocycles. The van der Waals surface area contributed by atoms with Gasteiger partial charge in [0.2, 0.25) is 0 Å². The first-order chi connectivity index (χ1) is 9.56. The number of carbonyl (C=O) groups is 2. The number of benzene rings is 1. The minimum atomic E-state index is -0.919. The average Bonchev–Trinajstić information content (AvgIpc) is 2.41. The van der Waals surface area contributed by atoms with Gasteiger partial charge in [0.15, 0.2) is 0 Å². The van der Waals surface area contributed by atoms with Crippen molar-refractivity contribution >= 4 is 29.4 Å². The Morgan fingerprint density at radius 2 is 2.10 bits per heavy atom. The van der Waals surface area contributed by atoms with E-state index in [-0.39, 0.29) is 24.3 Å². The van der Waals surface area contributed by atoms with E-state index in [1.807, 2.05) is 0 Å². The van der Waals surface area contributed by atoms with Crippen molar-refractivity contribution in [3.63, 3.8) is 0 Å². The maximum absolute atomic E-state index is 12.8. The van der Waals surface area contributed by atoms with Gasteiger partial charge < -0.3 is 15.3 Å². The predicted molar refractivity (Wildman–Crippen MR) is 75.5 cm³/mol. The molecule has 7 heteroatoms. The van der Waals surface area contributed by atoms with Gasteiger partial charge in [0.25, 0.3) is 0 Å². The van der Waals surface area contributed by atoms with Crippen LogP contribution in [0.15, 0.2) is 24.3 Å². The fraction of sp³-hybridized carbons (Fsp3) is 0.385. The molecule has 0 bridgehead atoms. The number of hydrogen-bond acceptors (Lipinski definition) is 3. The van der Waals surface area contributed by atoms with Crippen molar-refractivity contribution in [1.29, 1.82) is 0 Å². The summed E-state index contributed by atoms with van der Waals surface area (Å²) in [4.78, 5) is 24.5. The lowest BCUT2D eigenvalue weighted by atomic mass is 10.2. The summed E-state index contributed by atoms with van der Waals surface area (Å²) in [5.74, 6) is 0.106. The van der Waals surface area contributed by atoms with Gasteiger partial charge in [0.05, 0.1) is 12.5 Å². The third-order valence-corrected chi connectivity index (χ3v) is 4.09. The Bertz CT molecular complexity index is 495. The molecule has 1 aliphatic heterocycles. The number of nitrogens with one attached hydrogen (secondary N) is 1. The number of halogens is 1. The second-order valence-electron chi connectivity index (χ2n) is 4.46. The normalized spacial score (nSPS) is 18.6. The van der Waals surface area contributed by atoms with Gasteiger partial charge in [-0.25, -0.2) is 9.18 Å². The molecule has 0 aliphatic carbocycles. The highest BCUT2D eigenvalue weighted by molar-refractivity contribution is 7.99. The van der Waals surface area contributed by atoms with Crippen molar-refractivity contribution < 1.29 is 19.1 Å². The van der Waals surface area contributed by atoms with Crippen molar-refractivity contribution in [1.82, 2.24) is 4.90 Å². The van der Waals surface area contributed by atoms with E-state index in [0.717, 1.165) is 5.75 Å². The van der Waals surface area contributed by atoms with Crippen molar-refractivity contribution in [2.24, 2.45) is 0 Å². The molecule has 1 atom stereocenters. The molecule has 1 aromatic carbocycles. The zero-order chi connectivity index (χ0) is 14.5. The van der Waals surface area contributed by atoms with E-state index < -0.39 is 5.97 Å². The summed E-state index contributed by atoms with van der Waals surface area (Å²) in [6.45, 7) is 0.510. The Kier molecular flexibility index (Phi) is 4.84. The van der Waals surface area contributed by atoms with Crippen LogP contribution in [0.4, 0.5) is 14.9 Å². The molecule has 2 amide bonds. The molecule has 5 nitrogen and oxygen atoms in total. The highest BCUT2D eigenvalue weighted by Gasteiger charge is 2.28. The lowest BCUT2D eigenvalue weighted by molar-refractivity contribution is -0.137. The summed E-state index contributed by atoms with van der Waals surface area (Å²) in [7, 11) is 0. The number of carbonyl (C=O) groups excluding carboxylic acids is 1. The highest BCUT2D eigenvalue weighted by Crippen LogP contribution is 2.20. The maximum atomic E-state index is 12.8. The summed E-state index contributed by atoms with van der Waals surface area (Å²) >= 11 is 1.64. The highest BCUT2D eigenvalue weighted by atomic mass is 32.2. The number of amides is 2. The van der Waals surface area contributed by atoms with Crippen LogP contribution in [0.2, 0.25) is 0 Å². The van der Waals surface area contributed by atoms with Crippen molar-refractivity contribution in [2.75, 3.05) is 23.4 Å². The second-order valence-corrected chi connectivity index (χ2v) is 5.61. The van der Waals surface area contributed by atoms with E-state index in [9.17, 15) is 14.0 Å². The molecule has 0 aromatic heterocycles. The number of carboxylic acids is 1. The van der Waals surface area contributed by atoms with Gasteiger partial charge in [-0.15, -0.1) is 0 Å². The molecule has 1 fully saturated rings. The van der Waals surface area contributed by atoms with Crippen LogP contribution in [0.1, 0.15) is 6.42 Å². The summed E-state index contributed by atoms with van der Waals surface area (Å²) < 4.78 is 12.8. The number of hydrogen-bond donors (Lipinski definition) is 2. The van der Waals surface area contributed by atoms with Crippen molar-refractivity contribution in [3.05, 3.63) is 30.1 Å². The number of rotatable bonds is 3. The van der Waals surface area contributed by atoms with Gasteiger partial charge in [0, 0.05) is 23.7 Å². The molecule has 1 unspecified atom stereocenters. The number of carboxylic acid groups (broad SMARTS) is 1. The monoisotopic (exact) mass is 298 g/mol. The van der Waals surface area contributed by atoms with Crippen LogP contribution in [0.25, 0.3) is 0 Å². The SMILES string of the molecule is O=C(O)CC1CSCCN1C(=O)Nc1ccc(F)cc1. The van der Waals surface area contributed by atoms with Gasteiger partial charge in [-0.3, -0.25) is 4.79 Å². The molecule has 0 spiro atoms. The minimum absolute atomic E-state index is 0.0656. The van der Waals surface area contributed by atoms with Crippen LogP contribution in [0.3, 0.4) is 0 Å². The molecule has 108 valence electrons. The lowest BCUT2D eigenvalue weighted by Gasteiger charge is -2.34. The third kappa shape index (κ3) is 3.86. The number of thioether (sulfide) groups is 1. The average molecular weight is 298 g/mol. The van der Waals surface area contributed by atoms with Gasteiger partial charge in [-0.2, -0.15) is 11.8 Å². The molecule has 2 N–H and O–H groups in total. The minimum Gasteiger partial charge on any atom is -0.481 e. The largest absolute Gasteiger partial charge is 0.481 e. The van der Waals surface area contributed by atoms with Crippen LogP contribution in [0, 0.1) is 5.82 Å². The van der Waals surface area contributed by atoms with E-state index in [0.29, 0.717) is 18.0 Å². The molecule has 2 rings (SSSR count). The van der Waals surface area contributed by atoms with Crippen molar-refractivity contribution in [3.8, 4) is 0 Å². The zero-order valence-corrected chi connectivity index (χ0v) is 11.5. The fourth-order valence-corrected chi connectivity index (χ4v) is 3.08. The van der Waals surface area contributed by atoms with E-state index >= 15 is 0 Å². The van der Waals surface area contributed by atoms with Gasteiger partial charge in [-0.05, 0) is 24.3 Å². The van der Waals surface area contributed by atoms with E-state index in [4.69, 9.17) is 5.11 Å². The Hall–Kier alpha value is -1.76. The topological polar surface area (TPSA) is 69.6 Å². The summed E-state index contributed by atoms with van der Waals surface area (Å²) in [5, 5.41) is 11.5. The Morgan fingerprint density at radius 1 is 1.40 bits per heavy atom. The molecule has 0 radical (unpaired) electrons. The first-order valence-corrected chi connectivity index (χ1v) is 7.34. The third-order valence-electron chi connectivity index (χ3n) is 2.99. The molecular formula is C13H15FN2O3S. The fourth-order valence-electron chi connectivity index (χ4n) is 2.02. The zero-order valence-electron chi connectivity index (χ0n) is 10.7. The Balaban J connectivity index is 2.01. The van der Waals surface area contributed by atoms with Crippen LogP contribution >= 0.6 is 11.8 Å². The molecule has 20 heavy (non-hydrogen) atoms. The van der Waals surface area contributed by atoms with E-state index in [1.165, 1.54) is 29.2 Å². The summed E-state index contributed by atoms with van der Waals surface area (Å²) in [6, 6.07) is 4.80. The summed E-state index contributed by atoms with van der Waals surface area (Å²) in [5.41, 5.74) is 0.490. The molecule has 1 aliphatic rings. The number of anilines is 1. The van der Waals surface area contributed by atoms with Crippen LogP contribution in [0.5, 0.6) is 0 Å². The van der Waals surface area contributed by atoms with Crippen LogP contribution in [-0.2, 0) is 4.79 Å². The standard InChI is InChI=1S/C13H15FN2O3S/c14-9-1-3-10(4-2-9)15-13(19)16-5-6-20-8-11(16)7-12(17)18/h1-4,11H,5-8H2,(H,15,19)(H,17,18). The maximum Gasteiger partial charge on any atom is 0.322 e. The Morgan fingerprint density at radius 3 is 2.75 bits per heavy atom. The first kappa shape index (κ1) is 14.6. The number of aliphatic carboxylic acids is 1. The Labute approximate surface area is 120 Å². The van der Waals surface area contributed by atoms with Crippen LogP contribution < -0.4 is 5.32 Å². The smallest absolute Gasteiger partial charge is 0.322 e. The second kappa shape index (κ2) is 6.60. The number of urea groups is 1. The van der Waals surface area contributed by atoms with Crippen LogP contribution in [-0.4, -0.2) is 46.1 Å². The van der Waals surface area contributed by atoms with Gasteiger partial charge in [0.1, 0.15) is 5.82 Å². The number of nitrogens with zero attached hydrogens (tertiary/aromatic N) is 1. The van der Waals surface area contributed by atoms with Gasteiger partial charge >= 0.3 is 12.0 Å². The quantitative estimate of drug-likeness (QED) is 0.898. The predicted octanol–water partition coefficient (Wildman–Crippen LogP) is 2.25. The summed E-state index contributed by atoms with van der Waals surface area (Å²) in [6.07, 6.45) is -0.0656.